The lowest BCUT2D eigenvalue weighted by Gasteiger charge is -2.31. The molecule has 0 saturated carbocycles. The minimum atomic E-state index is -5.08. The predicted octanol–water partition coefficient (Wildman–Crippen LogP) is 7.03. The number of halogens is 7. The summed E-state index contributed by atoms with van der Waals surface area (Å²) in [6, 6.07) is 19.2. The average Bonchev–Trinajstić information content (AvgIpc) is 3.38. The number of aliphatic carboxylic acids is 2. The summed E-state index contributed by atoms with van der Waals surface area (Å²) in [4.78, 5) is 33.0. The summed E-state index contributed by atoms with van der Waals surface area (Å²) in [5, 5.41) is 14.2. The number of piperidine rings is 1. The summed E-state index contributed by atoms with van der Waals surface area (Å²) < 4.78 is 64.6. The molecule has 5 rings (SSSR count). The van der Waals surface area contributed by atoms with Crippen molar-refractivity contribution in [1.29, 1.82) is 0 Å². The number of carboxylic acid groups (broad SMARTS) is 2. The Morgan fingerprint density at radius 1 is 0.907 bits per heavy atom. The number of benzene rings is 2. The predicted molar refractivity (Wildman–Crippen MR) is 148 cm³/mol. The zero-order chi connectivity index (χ0) is 31.8. The number of hydrogen-bond acceptors (Lipinski definition) is 5. The van der Waals surface area contributed by atoms with E-state index in [9.17, 15) is 26.3 Å². The van der Waals surface area contributed by atoms with Gasteiger partial charge >= 0.3 is 24.3 Å². The lowest BCUT2D eigenvalue weighted by atomic mass is 9.97. The molecule has 1 saturated heterocycles. The fraction of sp³-hybridized carbons (Fsp3) is 0.286. The van der Waals surface area contributed by atoms with E-state index in [-0.39, 0.29) is 0 Å². The van der Waals surface area contributed by atoms with Gasteiger partial charge in [0.05, 0.1) is 11.0 Å². The maximum absolute atomic E-state index is 10.6. The molecule has 15 heteroatoms. The monoisotopic (exact) mass is 674 g/mol. The van der Waals surface area contributed by atoms with Crippen LogP contribution in [0, 0.1) is 0 Å². The van der Waals surface area contributed by atoms with Gasteiger partial charge in [-0.2, -0.15) is 26.3 Å². The summed E-state index contributed by atoms with van der Waals surface area (Å²) in [6.45, 7) is 3.20. The molecule has 0 amide bonds. The molecule has 230 valence electrons. The van der Waals surface area contributed by atoms with E-state index in [1.165, 1.54) is 29.5 Å². The van der Waals surface area contributed by atoms with Crippen molar-refractivity contribution in [2.45, 2.75) is 37.7 Å². The van der Waals surface area contributed by atoms with Gasteiger partial charge in [-0.05, 0) is 72.5 Å². The van der Waals surface area contributed by atoms with Crippen LogP contribution in [0.25, 0.3) is 22.2 Å². The molecule has 0 aliphatic carbocycles. The van der Waals surface area contributed by atoms with E-state index in [4.69, 9.17) is 24.8 Å². The second kappa shape index (κ2) is 14.5. The molecule has 0 radical (unpaired) electrons. The highest BCUT2D eigenvalue weighted by Crippen LogP contribution is 2.29. The smallest absolute Gasteiger partial charge is 0.475 e. The molecule has 1 unspecified atom stereocenters. The number of carboxylic acids is 2. The second-order valence-corrected chi connectivity index (χ2v) is 10.3. The van der Waals surface area contributed by atoms with Crippen molar-refractivity contribution in [2.24, 2.45) is 0 Å². The fourth-order valence-electron chi connectivity index (χ4n) is 4.22. The van der Waals surface area contributed by atoms with Crippen LogP contribution < -0.4 is 0 Å². The number of aromatic amines is 1. The lowest BCUT2D eigenvalue weighted by Crippen LogP contribution is -2.34. The molecule has 1 aliphatic rings. The molecule has 8 nitrogen and oxygen atoms in total. The summed E-state index contributed by atoms with van der Waals surface area (Å²) in [6.07, 6.45) is -4.10. The molecule has 0 bridgehead atoms. The topological polar surface area (TPSA) is 119 Å². The Morgan fingerprint density at radius 2 is 1.49 bits per heavy atom. The van der Waals surface area contributed by atoms with E-state index in [2.05, 4.69) is 73.3 Å². The Labute approximate surface area is 249 Å². The first kappa shape index (κ1) is 33.5. The van der Waals surface area contributed by atoms with Gasteiger partial charge in [-0.3, -0.25) is 9.88 Å². The van der Waals surface area contributed by atoms with Crippen molar-refractivity contribution in [3.63, 3.8) is 0 Å². The highest BCUT2D eigenvalue weighted by atomic mass is 79.9. The Balaban J connectivity index is 0.000000303. The maximum Gasteiger partial charge on any atom is 0.490 e. The molecule has 43 heavy (non-hydrogen) atoms. The summed E-state index contributed by atoms with van der Waals surface area (Å²) >= 11 is 3.52. The van der Waals surface area contributed by atoms with Crippen molar-refractivity contribution in [3.8, 4) is 11.1 Å². The number of alkyl halides is 6. The van der Waals surface area contributed by atoms with Gasteiger partial charge in [-0.25, -0.2) is 14.6 Å². The third-order valence-electron chi connectivity index (χ3n) is 6.21. The van der Waals surface area contributed by atoms with Crippen LogP contribution in [0.5, 0.6) is 0 Å². The fourth-order valence-corrected chi connectivity index (χ4v) is 4.48. The van der Waals surface area contributed by atoms with Crippen molar-refractivity contribution >= 4 is 38.9 Å². The van der Waals surface area contributed by atoms with Crippen LogP contribution in [0.1, 0.15) is 30.1 Å². The average molecular weight is 675 g/mol. The lowest BCUT2D eigenvalue weighted by molar-refractivity contribution is -0.193. The number of imidazole rings is 1. The van der Waals surface area contributed by atoms with Crippen molar-refractivity contribution in [1.82, 2.24) is 19.9 Å². The summed E-state index contributed by atoms with van der Waals surface area (Å²) in [7, 11) is 0. The van der Waals surface area contributed by atoms with E-state index in [1.54, 1.807) is 0 Å². The Kier molecular flexibility index (Phi) is 11.3. The number of carbonyl (C=O) groups is 2. The molecule has 1 aliphatic heterocycles. The van der Waals surface area contributed by atoms with E-state index in [1.807, 2.05) is 24.5 Å². The molecule has 1 atom stereocenters. The van der Waals surface area contributed by atoms with Crippen molar-refractivity contribution < 1.29 is 46.1 Å². The molecule has 0 spiro atoms. The number of nitrogens with zero attached hydrogens (tertiary/aromatic N) is 3. The first-order valence-electron chi connectivity index (χ1n) is 12.6. The van der Waals surface area contributed by atoms with E-state index >= 15 is 0 Å². The molecule has 2 aromatic heterocycles. The van der Waals surface area contributed by atoms with Crippen LogP contribution in [0.2, 0.25) is 0 Å². The van der Waals surface area contributed by atoms with E-state index < -0.39 is 24.3 Å². The molecular formula is C28H25BrF6N4O4. The Morgan fingerprint density at radius 3 is 2.05 bits per heavy atom. The van der Waals surface area contributed by atoms with Gasteiger partial charge in [-0.15, -0.1) is 0 Å². The minimum Gasteiger partial charge on any atom is -0.475 e. The quantitative estimate of drug-likeness (QED) is 0.199. The first-order valence-corrected chi connectivity index (χ1v) is 13.4. The molecule has 4 aromatic rings. The van der Waals surface area contributed by atoms with Gasteiger partial charge in [0, 0.05) is 35.9 Å². The number of rotatable bonds is 4. The van der Waals surface area contributed by atoms with Gasteiger partial charge in [0.15, 0.2) is 0 Å². The van der Waals surface area contributed by atoms with Crippen LogP contribution >= 0.6 is 15.9 Å². The molecule has 1 fully saturated rings. The standard InChI is InChI=1S/C24H23BrN4.2C2HF3O2/c25-21-6-3-17(4-7-21)15-29-13-1-2-20(16-29)24-27-22-8-5-19(14-23(22)28-24)18-9-11-26-12-10-18;2*3-2(4,5)1(6)7/h3-12,14,20H,1-2,13,15-16H2,(H,27,28);2*(H,6,7). The van der Waals surface area contributed by atoms with Crippen LogP contribution in [0.4, 0.5) is 26.3 Å². The number of H-pyrrole nitrogens is 1. The molecular weight excluding hydrogens is 650 g/mol. The highest BCUT2D eigenvalue weighted by molar-refractivity contribution is 9.10. The number of pyridine rings is 1. The normalized spacial score (nSPS) is 15.6. The first-order chi connectivity index (χ1) is 20.1. The third-order valence-corrected chi connectivity index (χ3v) is 6.74. The number of nitrogens with one attached hydrogen (secondary N) is 1. The van der Waals surface area contributed by atoms with E-state index in [0.717, 1.165) is 41.0 Å². The zero-order valence-corrected chi connectivity index (χ0v) is 23.7. The number of fused-ring (bicyclic) bond motifs is 1. The van der Waals surface area contributed by atoms with Gasteiger partial charge < -0.3 is 15.2 Å². The maximum atomic E-state index is 10.6. The SMILES string of the molecule is Brc1ccc(CN2CCCC(c3nc4ccc(-c5ccncc5)cc4[nH]3)C2)cc1.O=C(O)C(F)(F)F.O=C(O)C(F)(F)F. The van der Waals surface area contributed by atoms with Gasteiger partial charge in [-0.1, -0.05) is 34.1 Å². The molecule has 2 aromatic carbocycles. The van der Waals surface area contributed by atoms with Crippen LogP contribution in [0.15, 0.2) is 71.5 Å². The minimum absolute atomic E-state index is 0.455. The molecule has 3 heterocycles. The number of likely N-dealkylation sites (tertiary alicyclic amines) is 1. The second-order valence-electron chi connectivity index (χ2n) is 9.40. The highest BCUT2D eigenvalue weighted by Gasteiger charge is 2.38. The largest absolute Gasteiger partial charge is 0.490 e. The van der Waals surface area contributed by atoms with Gasteiger partial charge in [0.25, 0.3) is 0 Å². The number of hydrogen-bond donors (Lipinski definition) is 3. The van der Waals surface area contributed by atoms with Crippen LogP contribution in [0.3, 0.4) is 0 Å². The van der Waals surface area contributed by atoms with Crippen LogP contribution in [-0.4, -0.2) is 67.4 Å². The van der Waals surface area contributed by atoms with Gasteiger partial charge in [0.2, 0.25) is 0 Å². The summed E-state index contributed by atoms with van der Waals surface area (Å²) in [5.74, 6) is -3.94. The summed E-state index contributed by atoms with van der Waals surface area (Å²) in [5.41, 5.74) is 5.88. The van der Waals surface area contributed by atoms with E-state index in [0.29, 0.717) is 5.92 Å². The number of aromatic nitrogens is 3. The Bertz CT molecular complexity index is 1490. The third kappa shape index (κ3) is 10.4. The van der Waals surface area contributed by atoms with Crippen molar-refractivity contribution in [3.05, 3.63) is 82.9 Å². The van der Waals surface area contributed by atoms with Crippen LogP contribution in [-0.2, 0) is 16.1 Å². The zero-order valence-electron chi connectivity index (χ0n) is 22.2. The Hall–Kier alpha value is -3.98. The van der Waals surface area contributed by atoms with Gasteiger partial charge in [0.1, 0.15) is 5.82 Å². The van der Waals surface area contributed by atoms with Crippen molar-refractivity contribution in [2.75, 3.05) is 13.1 Å². The molecule has 3 N–H and O–H groups in total.